The van der Waals surface area contributed by atoms with Gasteiger partial charge in [-0.2, -0.15) is 5.10 Å². The van der Waals surface area contributed by atoms with Gasteiger partial charge in [0.15, 0.2) is 5.78 Å². The lowest BCUT2D eigenvalue weighted by atomic mass is 10.0. The molecule has 0 aliphatic carbocycles. The lowest BCUT2D eigenvalue weighted by Crippen LogP contribution is -2.19. The van der Waals surface area contributed by atoms with Crippen LogP contribution in [0.3, 0.4) is 0 Å². The summed E-state index contributed by atoms with van der Waals surface area (Å²) in [6.07, 6.45) is 1.92. The van der Waals surface area contributed by atoms with Gasteiger partial charge in [0.1, 0.15) is 5.69 Å². The zero-order chi connectivity index (χ0) is 14.7. The predicted molar refractivity (Wildman–Crippen MR) is 82.6 cm³/mol. The normalized spacial score (nSPS) is 12.7. The Morgan fingerprint density at radius 3 is 2.60 bits per heavy atom. The second kappa shape index (κ2) is 6.33. The molecule has 1 heterocycles. The van der Waals surface area contributed by atoms with E-state index >= 15 is 0 Å². The van der Waals surface area contributed by atoms with Gasteiger partial charge in [-0.15, -0.1) is 0 Å². The topological polar surface area (TPSA) is 60.9 Å². The number of Topliss-reactive ketones (excluding diaryl/α,β-unsaturated/α-hetero) is 1. The van der Waals surface area contributed by atoms with Gasteiger partial charge in [0.05, 0.1) is 10.7 Å². The summed E-state index contributed by atoms with van der Waals surface area (Å²) in [7, 11) is 0. The Morgan fingerprint density at radius 2 is 2.00 bits per heavy atom. The van der Waals surface area contributed by atoms with Gasteiger partial charge in [0.25, 0.3) is 0 Å². The highest BCUT2D eigenvalue weighted by atomic mass is 79.9. The zero-order valence-corrected chi connectivity index (χ0v) is 13.2. The van der Waals surface area contributed by atoms with Crippen molar-refractivity contribution in [1.29, 1.82) is 0 Å². The van der Waals surface area contributed by atoms with Gasteiger partial charge in [-0.25, -0.2) is 0 Å². The number of nitrogens with zero attached hydrogens (tertiary/aromatic N) is 2. The van der Waals surface area contributed by atoms with Crippen LogP contribution in [-0.2, 0) is 0 Å². The van der Waals surface area contributed by atoms with Gasteiger partial charge in [0, 0.05) is 18.5 Å². The number of halogens is 1. The van der Waals surface area contributed by atoms with E-state index in [9.17, 15) is 4.79 Å². The molecule has 2 N–H and O–H groups in total. The van der Waals surface area contributed by atoms with E-state index in [0.29, 0.717) is 5.69 Å². The third-order valence-corrected chi connectivity index (χ3v) is 3.72. The van der Waals surface area contributed by atoms with E-state index in [1.165, 1.54) is 0 Å². The van der Waals surface area contributed by atoms with Crippen LogP contribution in [0.1, 0.15) is 48.4 Å². The number of hydrogen-bond donors (Lipinski definition) is 1. The fourth-order valence-corrected chi connectivity index (χ4v) is 2.60. The summed E-state index contributed by atoms with van der Waals surface area (Å²) < 4.78 is 2.45. The molecule has 2 aromatic rings. The monoisotopic (exact) mass is 335 g/mol. The van der Waals surface area contributed by atoms with Crippen LogP contribution in [0.25, 0.3) is 0 Å². The zero-order valence-electron chi connectivity index (χ0n) is 11.6. The van der Waals surface area contributed by atoms with E-state index in [1.54, 1.807) is 10.9 Å². The molecule has 4 nitrogen and oxygen atoms in total. The van der Waals surface area contributed by atoms with Gasteiger partial charge < -0.3 is 5.73 Å². The molecule has 106 valence electrons. The van der Waals surface area contributed by atoms with Crippen molar-refractivity contribution in [3.63, 3.8) is 0 Å². The highest BCUT2D eigenvalue weighted by Gasteiger charge is 2.21. The van der Waals surface area contributed by atoms with Gasteiger partial charge in [0.2, 0.25) is 0 Å². The first-order chi connectivity index (χ1) is 9.50. The molecular weight excluding hydrogens is 318 g/mol. The number of hydrogen-bond acceptors (Lipinski definition) is 3. The molecular formula is C15H18BrN3O. The van der Waals surface area contributed by atoms with Crippen LogP contribution in [0.4, 0.5) is 0 Å². The lowest BCUT2D eigenvalue weighted by molar-refractivity contribution is 0.0961. The standard InChI is InChI=1S/C15H18BrN3O/c1-10(2)19-15(12(16)9-18-19)14(20)8-13(17)11-6-4-3-5-7-11/h3-7,9-10,13H,8,17H2,1-2H3. The van der Waals surface area contributed by atoms with Crippen molar-refractivity contribution in [2.45, 2.75) is 32.4 Å². The van der Waals surface area contributed by atoms with E-state index in [2.05, 4.69) is 21.0 Å². The van der Waals surface area contributed by atoms with Crippen molar-refractivity contribution in [2.24, 2.45) is 5.73 Å². The summed E-state index contributed by atoms with van der Waals surface area (Å²) in [6, 6.07) is 9.49. The van der Waals surface area contributed by atoms with Crippen LogP contribution in [0, 0.1) is 0 Å². The second-order valence-electron chi connectivity index (χ2n) is 5.02. The molecule has 1 aromatic heterocycles. The smallest absolute Gasteiger partial charge is 0.183 e. The molecule has 0 saturated heterocycles. The summed E-state index contributed by atoms with van der Waals surface area (Å²) in [4.78, 5) is 12.5. The van der Waals surface area contributed by atoms with Crippen molar-refractivity contribution in [2.75, 3.05) is 0 Å². The van der Waals surface area contributed by atoms with E-state index < -0.39 is 0 Å². The number of aromatic nitrogens is 2. The van der Waals surface area contributed by atoms with Crippen LogP contribution in [-0.4, -0.2) is 15.6 Å². The Morgan fingerprint density at radius 1 is 1.35 bits per heavy atom. The van der Waals surface area contributed by atoms with Crippen molar-refractivity contribution < 1.29 is 4.79 Å². The molecule has 2 rings (SSSR count). The van der Waals surface area contributed by atoms with Gasteiger partial charge in [-0.1, -0.05) is 30.3 Å². The van der Waals surface area contributed by atoms with Crippen LogP contribution >= 0.6 is 15.9 Å². The molecule has 0 aliphatic rings. The van der Waals surface area contributed by atoms with Crippen molar-refractivity contribution >= 4 is 21.7 Å². The van der Waals surface area contributed by atoms with Gasteiger partial charge in [-0.3, -0.25) is 9.48 Å². The average Bonchev–Trinajstić information content (AvgIpc) is 2.81. The lowest BCUT2D eigenvalue weighted by Gasteiger charge is -2.14. The summed E-state index contributed by atoms with van der Waals surface area (Å²) in [5.74, 6) is -0.000530. The minimum atomic E-state index is -0.300. The number of ketones is 1. The quantitative estimate of drug-likeness (QED) is 0.850. The van der Waals surface area contributed by atoms with Crippen LogP contribution < -0.4 is 5.73 Å². The first-order valence-electron chi connectivity index (χ1n) is 6.57. The fraction of sp³-hybridized carbons (Fsp3) is 0.333. The highest BCUT2D eigenvalue weighted by Crippen LogP contribution is 2.24. The Balaban J connectivity index is 2.19. The Bertz CT molecular complexity index is 592. The highest BCUT2D eigenvalue weighted by molar-refractivity contribution is 9.10. The Hall–Kier alpha value is -1.46. The molecule has 5 heteroatoms. The third-order valence-electron chi connectivity index (χ3n) is 3.14. The van der Waals surface area contributed by atoms with Crippen LogP contribution in [0.2, 0.25) is 0 Å². The van der Waals surface area contributed by atoms with Gasteiger partial charge >= 0.3 is 0 Å². The fourth-order valence-electron chi connectivity index (χ4n) is 2.11. The number of carbonyl (C=O) groups excluding carboxylic acids is 1. The Kier molecular flexibility index (Phi) is 4.73. The van der Waals surface area contributed by atoms with E-state index in [0.717, 1.165) is 10.0 Å². The van der Waals surface area contributed by atoms with E-state index in [1.807, 2.05) is 44.2 Å². The van der Waals surface area contributed by atoms with Crippen molar-refractivity contribution in [3.05, 3.63) is 52.3 Å². The summed E-state index contributed by atoms with van der Waals surface area (Å²) in [5, 5.41) is 4.22. The minimum absolute atomic E-state index is 0.000530. The molecule has 0 saturated carbocycles. The molecule has 20 heavy (non-hydrogen) atoms. The second-order valence-corrected chi connectivity index (χ2v) is 5.88. The molecule has 1 unspecified atom stereocenters. The molecule has 0 aliphatic heterocycles. The third kappa shape index (κ3) is 3.16. The number of rotatable bonds is 5. The molecule has 0 fully saturated rings. The number of carbonyl (C=O) groups is 1. The summed E-state index contributed by atoms with van der Waals surface area (Å²) in [5.41, 5.74) is 7.67. The predicted octanol–water partition coefficient (Wildman–Crippen LogP) is 3.50. The maximum Gasteiger partial charge on any atom is 0.183 e. The SMILES string of the molecule is CC(C)n1ncc(Br)c1C(=O)CC(N)c1ccccc1. The van der Waals surface area contributed by atoms with E-state index in [4.69, 9.17) is 5.73 Å². The largest absolute Gasteiger partial charge is 0.324 e. The van der Waals surface area contributed by atoms with Crippen LogP contribution in [0.5, 0.6) is 0 Å². The summed E-state index contributed by atoms with van der Waals surface area (Å²) in [6.45, 7) is 3.99. The van der Waals surface area contributed by atoms with Gasteiger partial charge in [-0.05, 0) is 35.3 Å². The number of nitrogens with two attached hydrogens (primary N) is 1. The molecule has 0 spiro atoms. The molecule has 1 aromatic carbocycles. The Labute approximate surface area is 127 Å². The maximum atomic E-state index is 12.5. The first kappa shape index (κ1) is 14.9. The first-order valence-corrected chi connectivity index (χ1v) is 7.36. The average molecular weight is 336 g/mol. The minimum Gasteiger partial charge on any atom is -0.324 e. The van der Waals surface area contributed by atoms with Crippen molar-refractivity contribution in [1.82, 2.24) is 9.78 Å². The molecule has 0 amide bonds. The molecule has 1 atom stereocenters. The van der Waals surface area contributed by atoms with Crippen LogP contribution in [0.15, 0.2) is 41.0 Å². The molecule has 0 bridgehead atoms. The molecule has 0 radical (unpaired) electrons. The summed E-state index contributed by atoms with van der Waals surface area (Å²) >= 11 is 3.39. The number of benzene rings is 1. The maximum absolute atomic E-state index is 12.5. The van der Waals surface area contributed by atoms with Crippen molar-refractivity contribution in [3.8, 4) is 0 Å². The van der Waals surface area contributed by atoms with E-state index in [-0.39, 0.29) is 24.3 Å².